The van der Waals surface area contributed by atoms with Gasteiger partial charge in [-0.3, -0.25) is 0 Å². The molecule has 0 radical (unpaired) electrons. The molecule has 63 heavy (non-hydrogen) atoms. The van der Waals surface area contributed by atoms with Crippen LogP contribution in [0.1, 0.15) is 27.8 Å². The molecule has 0 saturated heterocycles. The molecule has 0 unspecified atom stereocenters. The van der Waals surface area contributed by atoms with Crippen molar-refractivity contribution in [1.82, 2.24) is 9.97 Å². The molecule has 3 heteroatoms. The van der Waals surface area contributed by atoms with Gasteiger partial charge in [-0.1, -0.05) is 212 Å². The standard InChI is InChI=1S/C60H37N3/c61-38-45-19-13-28-54-57(45)51-25-14-24-49(58(51)60(54)52-26-11-9-21-47(52)48-22-10-12-27-53(48)60)46-20-7-8-23-50(46)59-62-55(43-33-29-41(30-34-43)39-15-3-1-4-16-39)37-56(63-59)44-35-31-42(32-36-44)40-17-5-2-6-18-40/h1-37H. The van der Waals surface area contributed by atoms with Gasteiger partial charge in [-0.15, -0.1) is 0 Å². The van der Waals surface area contributed by atoms with Crippen LogP contribution in [0.4, 0.5) is 0 Å². The van der Waals surface area contributed by atoms with Crippen molar-refractivity contribution in [2.75, 3.05) is 0 Å². The average Bonchev–Trinajstić information content (AvgIpc) is 3.84. The van der Waals surface area contributed by atoms with Gasteiger partial charge >= 0.3 is 0 Å². The van der Waals surface area contributed by atoms with Crippen molar-refractivity contribution in [3.05, 3.63) is 252 Å². The lowest BCUT2D eigenvalue weighted by atomic mass is 9.68. The zero-order valence-corrected chi connectivity index (χ0v) is 34.2. The van der Waals surface area contributed by atoms with Gasteiger partial charge in [0.15, 0.2) is 5.82 Å². The summed E-state index contributed by atoms with van der Waals surface area (Å²) in [5.41, 5.74) is 20.7. The van der Waals surface area contributed by atoms with Gasteiger partial charge in [0.25, 0.3) is 0 Å². The van der Waals surface area contributed by atoms with E-state index in [9.17, 15) is 5.26 Å². The van der Waals surface area contributed by atoms with Crippen molar-refractivity contribution < 1.29 is 0 Å². The van der Waals surface area contributed by atoms with Crippen LogP contribution in [0.3, 0.4) is 0 Å². The molecular formula is C60H37N3. The Balaban J connectivity index is 1.08. The Hall–Kier alpha value is -8.45. The molecular weight excluding hydrogens is 763 g/mol. The van der Waals surface area contributed by atoms with Crippen LogP contribution in [-0.2, 0) is 5.41 Å². The number of nitriles is 1. The Morgan fingerprint density at radius 2 is 0.746 bits per heavy atom. The van der Waals surface area contributed by atoms with E-state index < -0.39 is 5.41 Å². The third-order valence-corrected chi connectivity index (χ3v) is 13.0. The Labute approximate surface area is 366 Å². The van der Waals surface area contributed by atoms with Gasteiger partial charge in [0.2, 0.25) is 0 Å². The van der Waals surface area contributed by atoms with E-state index in [1.165, 1.54) is 38.9 Å². The summed E-state index contributed by atoms with van der Waals surface area (Å²) >= 11 is 0. The fourth-order valence-corrected chi connectivity index (χ4v) is 10.3. The van der Waals surface area contributed by atoms with Gasteiger partial charge in [-0.2, -0.15) is 5.26 Å². The predicted molar refractivity (Wildman–Crippen MR) is 256 cm³/mol. The van der Waals surface area contributed by atoms with E-state index in [1.54, 1.807) is 0 Å². The number of aromatic nitrogens is 2. The Kier molecular flexibility index (Phi) is 8.45. The lowest BCUT2D eigenvalue weighted by molar-refractivity contribution is 0.795. The Bertz CT molecular complexity index is 3290. The molecule has 10 aromatic rings. The number of fused-ring (bicyclic) bond motifs is 10. The fourth-order valence-electron chi connectivity index (χ4n) is 10.3. The van der Waals surface area contributed by atoms with E-state index >= 15 is 0 Å². The summed E-state index contributed by atoms with van der Waals surface area (Å²) in [6, 6.07) is 81.9. The van der Waals surface area contributed by atoms with E-state index in [4.69, 9.17) is 9.97 Å². The minimum atomic E-state index is -0.650. The lowest BCUT2D eigenvalue weighted by Gasteiger charge is -2.32. The number of benzene rings is 9. The van der Waals surface area contributed by atoms with Crippen LogP contribution in [0.5, 0.6) is 0 Å². The van der Waals surface area contributed by atoms with Crippen molar-refractivity contribution in [3.63, 3.8) is 0 Å². The molecule has 9 aromatic carbocycles. The van der Waals surface area contributed by atoms with Gasteiger partial charge in [-0.05, 0) is 84.5 Å². The quantitative estimate of drug-likeness (QED) is 0.168. The topological polar surface area (TPSA) is 49.6 Å². The normalized spacial score (nSPS) is 12.6. The van der Waals surface area contributed by atoms with Crippen LogP contribution in [-0.4, -0.2) is 9.97 Å². The van der Waals surface area contributed by atoms with Crippen molar-refractivity contribution >= 4 is 0 Å². The molecule has 0 saturated carbocycles. The van der Waals surface area contributed by atoms with Gasteiger partial charge in [-0.25, -0.2) is 9.97 Å². The summed E-state index contributed by atoms with van der Waals surface area (Å²) in [5.74, 6) is 0.643. The van der Waals surface area contributed by atoms with Crippen molar-refractivity contribution in [3.8, 4) is 95.6 Å². The van der Waals surface area contributed by atoms with Crippen molar-refractivity contribution in [1.29, 1.82) is 5.26 Å². The highest BCUT2D eigenvalue weighted by atomic mass is 14.9. The summed E-state index contributed by atoms with van der Waals surface area (Å²) in [4.78, 5) is 10.8. The smallest absolute Gasteiger partial charge is 0.161 e. The van der Waals surface area contributed by atoms with E-state index in [2.05, 4.69) is 206 Å². The van der Waals surface area contributed by atoms with Crippen LogP contribution >= 0.6 is 0 Å². The van der Waals surface area contributed by atoms with Gasteiger partial charge in [0.1, 0.15) is 0 Å². The highest BCUT2D eigenvalue weighted by Crippen LogP contribution is 2.65. The number of nitrogens with zero attached hydrogens (tertiary/aromatic N) is 3. The monoisotopic (exact) mass is 799 g/mol. The maximum atomic E-state index is 10.6. The third kappa shape index (κ3) is 5.66. The highest BCUT2D eigenvalue weighted by Gasteiger charge is 2.53. The Morgan fingerprint density at radius 1 is 0.333 bits per heavy atom. The molecule has 292 valence electrons. The molecule has 1 heterocycles. The fraction of sp³-hybridized carbons (Fsp3) is 0.0167. The van der Waals surface area contributed by atoms with Crippen molar-refractivity contribution in [2.24, 2.45) is 0 Å². The summed E-state index contributed by atoms with van der Waals surface area (Å²) in [7, 11) is 0. The predicted octanol–water partition coefficient (Wildman–Crippen LogP) is 14.7. The molecule has 12 rings (SSSR count). The first-order valence-corrected chi connectivity index (χ1v) is 21.4. The molecule has 0 bridgehead atoms. The number of rotatable bonds is 6. The average molecular weight is 800 g/mol. The van der Waals surface area contributed by atoms with E-state index in [0.29, 0.717) is 11.4 Å². The third-order valence-electron chi connectivity index (χ3n) is 13.0. The number of hydrogen-bond acceptors (Lipinski definition) is 3. The van der Waals surface area contributed by atoms with Gasteiger partial charge < -0.3 is 0 Å². The zero-order chi connectivity index (χ0) is 41.9. The van der Waals surface area contributed by atoms with Crippen LogP contribution in [0.25, 0.3) is 89.5 Å². The summed E-state index contributed by atoms with van der Waals surface area (Å²) in [6.07, 6.45) is 0. The van der Waals surface area contributed by atoms with Crippen LogP contribution in [0.2, 0.25) is 0 Å². The summed E-state index contributed by atoms with van der Waals surface area (Å²) < 4.78 is 0. The highest BCUT2D eigenvalue weighted by molar-refractivity contribution is 6.01. The molecule has 1 spiro atoms. The SMILES string of the molecule is N#Cc1cccc2c1-c1cccc(-c3ccccc3-c3nc(-c4ccc(-c5ccccc5)cc4)cc(-c4ccc(-c5ccccc5)cc4)n3)c1C21c2ccccc2-c2ccccc21. The van der Waals surface area contributed by atoms with Crippen LogP contribution < -0.4 is 0 Å². The molecule has 0 N–H and O–H groups in total. The zero-order valence-electron chi connectivity index (χ0n) is 34.2. The van der Waals surface area contributed by atoms with E-state index in [1.807, 2.05) is 24.3 Å². The summed E-state index contributed by atoms with van der Waals surface area (Å²) in [6.45, 7) is 0. The number of hydrogen-bond donors (Lipinski definition) is 0. The molecule has 0 fully saturated rings. The maximum absolute atomic E-state index is 10.6. The first-order chi connectivity index (χ1) is 31.2. The first kappa shape index (κ1) is 36.4. The lowest BCUT2D eigenvalue weighted by Crippen LogP contribution is -2.26. The molecule has 1 aromatic heterocycles. The largest absolute Gasteiger partial charge is 0.228 e. The van der Waals surface area contributed by atoms with Gasteiger partial charge in [0, 0.05) is 22.3 Å². The van der Waals surface area contributed by atoms with Crippen molar-refractivity contribution in [2.45, 2.75) is 5.41 Å². The molecule has 0 aliphatic heterocycles. The second kappa shape index (κ2) is 14.6. The first-order valence-electron chi connectivity index (χ1n) is 21.4. The molecule has 0 atom stereocenters. The second-order valence-electron chi connectivity index (χ2n) is 16.3. The Morgan fingerprint density at radius 3 is 1.30 bits per heavy atom. The van der Waals surface area contributed by atoms with E-state index in [-0.39, 0.29) is 0 Å². The molecule has 3 nitrogen and oxygen atoms in total. The van der Waals surface area contributed by atoms with Crippen LogP contribution in [0, 0.1) is 11.3 Å². The van der Waals surface area contributed by atoms with Crippen LogP contribution in [0.15, 0.2) is 224 Å². The molecule has 2 aliphatic rings. The van der Waals surface area contributed by atoms with E-state index in [0.717, 1.165) is 67.0 Å². The summed E-state index contributed by atoms with van der Waals surface area (Å²) in [5, 5.41) is 10.6. The minimum Gasteiger partial charge on any atom is -0.228 e. The molecule has 0 amide bonds. The maximum Gasteiger partial charge on any atom is 0.161 e. The van der Waals surface area contributed by atoms with Gasteiger partial charge in [0.05, 0.1) is 28.4 Å². The second-order valence-corrected chi connectivity index (χ2v) is 16.3. The minimum absolute atomic E-state index is 0.643. The molecule has 2 aliphatic carbocycles.